The third-order valence-electron chi connectivity index (χ3n) is 4.37. The van der Waals surface area contributed by atoms with Crippen LogP contribution < -0.4 is 15.4 Å². The Morgan fingerprint density at radius 3 is 2.68 bits per heavy atom. The van der Waals surface area contributed by atoms with Gasteiger partial charge in [0.25, 0.3) is 0 Å². The number of ether oxygens (including phenoxy) is 1. The molecule has 0 aromatic heterocycles. The van der Waals surface area contributed by atoms with Crippen LogP contribution >= 0.6 is 0 Å². The fraction of sp³-hybridized carbons (Fsp3) is 0.350. The predicted molar refractivity (Wildman–Crippen MR) is 94.9 cm³/mol. The number of halogens is 1. The van der Waals surface area contributed by atoms with Crippen LogP contribution in [0.25, 0.3) is 0 Å². The molecule has 0 spiro atoms. The monoisotopic (exact) mass is 342 g/mol. The lowest BCUT2D eigenvalue weighted by Crippen LogP contribution is -2.36. The third-order valence-corrected chi connectivity index (χ3v) is 4.37. The largest absolute Gasteiger partial charge is 0.488 e. The van der Waals surface area contributed by atoms with Crippen LogP contribution in [0, 0.1) is 5.82 Å². The van der Waals surface area contributed by atoms with Gasteiger partial charge in [0.05, 0.1) is 6.04 Å². The van der Waals surface area contributed by atoms with Gasteiger partial charge in [0.15, 0.2) is 11.6 Å². The quantitative estimate of drug-likeness (QED) is 0.812. The molecule has 1 fully saturated rings. The van der Waals surface area contributed by atoms with Crippen LogP contribution in [0.15, 0.2) is 54.6 Å². The highest BCUT2D eigenvalue weighted by molar-refractivity contribution is 5.77. The Bertz CT molecular complexity index is 687. The molecule has 1 aliphatic rings. The highest BCUT2D eigenvalue weighted by Gasteiger charge is 2.21. The molecule has 25 heavy (non-hydrogen) atoms. The molecular weight excluding hydrogens is 319 g/mol. The van der Waals surface area contributed by atoms with Gasteiger partial charge in [0, 0.05) is 12.5 Å². The zero-order valence-corrected chi connectivity index (χ0v) is 14.1. The Kier molecular flexibility index (Phi) is 6.01. The summed E-state index contributed by atoms with van der Waals surface area (Å²) in [6.45, 7) is 1.14. The summed E-state index contributed by atoms with van der Waals surface area (Å²) in [6, 6.07) is 15.8. The summed E-state index contributed by atoms with van der Waals surface area (Å²) in [6.07, 6.45) is 2.58. The summed E-state index contributed by atoms with van der Waals surface area (Å²) >= 11 is 0. The first kappa shape index (κ1) is 17.4. The zero-order valence-electron chi connectivity index (χ0n) is 14.1. The molecule has 2 atom stereocenters. The summed E-state index contributed by atoms with van der Waals surface area (Å²) in [7, 11) is 0. The van der Waals surface area contributed by atoms with Crippen molar-refractivity contribution in [2.45, 2.75) is 31.3 Å². The van der Waals surface area contributed by atoms with E-state index in [9.17, 15) is 9.18 Å². The Balaban J connectivity index is 1.65. The van der Waals surface area contributed by atoms with Gasteiger partial charge in [-0.1, -0.05) is 42.5 Å². The van der Waals surface area contributed by atoms with Crippen molar-refractivity contribution in [3.05, 3.63) is 66.0 Å². The van der Waals surface area contributed by atoms with Crippen LogP contribution in [0.1, 0.15) is 30.9 Å². The molecule has 1 aliphatic heterocycles. The fourth-order valence-electron chi connectivity index (χ4n) is 3.05. The van der Waals surface area contributed by atoms with Gasteiger partial charge in [-0.25, -0.2) is 4.39 Å². The van der Waals surface area contributed by atoms with Gasteiger partial charge in [-0.2, -0.15) is 0 Å². The first-order valence-electron chi connectivity index (χ1n) is 8.67. The highest BCUT2D eigenvalue weighted by Crippen LogP contribution is 2.20. The maximum Gasteiger partial charge on any atom is 0.222 e. The van der Waals surface area contributed by atoms with E-state index in [1.807, 2.05) is 30.3 Å². The Labute approximate surface area is 147 Å². The Hall–Kier alpha value is -2.40. The van der Waals surface area contributed by atoms with Crippen molar-refractivity contribution in [3.8, 4) is 5.75 Å². The third kappa shape index (κ3) is 5.03. The van der Waals surface area contributed by atoms with E-state index in [1.54, 1.807) is 18.2 Å². The standard InChI is InChI=1S/C20H23FN2O2/c21-17-10-4-5-11-19(17)25-14-18(15-7-2-1-3-8-15)23-20(24)13-16-9-6-12-22-16/h1-5,7-8,10-11,16,18,22H,6,9,12-14H2,(H,23,24). The molecule has 0 saturated carbocycles. The second-order valence-electron chi connectivity index (χ2n) is 6.27. The molecule has 2 aromatic rings. The molecule has 2 unspecified atom stereocenters. The van der Waals surface area contributed by atoms with Crippen molar-refractivity contribution in [2.24, 2.45) is 0 Å². The molecule has 0 radical (unpaired) electrons. The SMILES string of the molecule is O=C(CC1CCCN1)NC(COc1ccccc1F)c1ccccc1. The highest BCUT2D eigenvalue weighted by atomic mass is 19.1. The van der Waals surface area contributed by atoms with E-state index < -0.39 is 5.82 Å². The van der Waals surface area contributed by atoms with E-state index >= 15 is 0 Å². The minimum Gasteiger partial charge on any atom is -0.488 e. The van der Waals surface area contributed by atoms with Crippen molar-refractivity contribution in [3.63, 3.8) is 0 Å². The van der Waals surface area contributed by atoms with Crippen LogP contribution in [0.4, 0.5) is 4.39 Å². The van der Waals surface area contributed by atoms with Gasteiger partial charge >= 0.3 is 0 Å². The van der Waals surface area contributed by atoms with Gasteiger partial charge in [0.2, 0.25) is 5.91 Å². The molecule has 4 nitrogen and oxygen atoms in total. The number of nitrogens with one attached hydrogen (secondary N) is 2. The first-order valence-corrected chi connectivity index (χ1v) is 8.67. The molecule has 1 amide bonds. The second kappa shape index (κ2) is 8.62. The minimum atomic E-state index is -0.407. The summed E-state index contributed by atoms with van der Waals surface area (Å²) < 4.78 is 19.4. The molecule has 1 heterocycles. The maximum absolute atomic E-state index is 13.8. The van der Waals surface area contributed by atoms with E-state index in [0.29, 0.717) is 6.42 Å². The summed E-state index contributed by atoms with van der Waals surface area (Å²) in [5, 5.41) is 6.35. The normalized spacial score (nSPS) is 17.9. The average molecular weight is 342 g/mol. The van der Waals surface area contributed by atoms with E-state index in [1.165, 1.54) is 6.07 Å². The lowest BCUT2D eigenvalue weighted by molar-refractivity contribution is -0.122. The minimum absolute atomic E-state index is 0.0228. The maximum atomic E-state index is 13.8. The molecule has 1 saturated heterocycles. The number of hydrogen-bond acceptors (Lipinski definition) is 3. The molecule has 5 heteroatoms. The molecular formula is C20H23FN2O2. The lowest BCUT2D eigenvalue weighted by atomic mass is 10.1. The molecule has 3 rings (SSSR count). The summed E-state index contributed by atoms with van der Waals surface area (Å²) in [4.78, 5) is 12.4. The van der Waals surface area contributed by atoms with Gasteiger partial charge in [-0.3, -0.25) is 4.79 Å². The number of carbonyl (C=O) groups excluding carboxylic acids is 1. The van der Waals surface area contributed by atoms with Gasteiger partial charge < -0.3 is 15.4 Å². The van der Waals surface area contributed by atoms with Crippen LogP contribution in [-0.4, -0.2) is 25.1 Å². The second-order valence-corrected chi connectivity index (χ2v) is 6.27. The number of para-hydroxylation sites is 1. The van der Waals surface area contributed by atoms with E-state index in [0.717, 1.165) is 24.9 Å². The van der Waals surface area contributed by atoms with Crippen molar-refractivity contribution < 1.29 is 13.9 Å². The van der Waals surface area contributed by atoms with E-state index in [4.69, 9.17) is 4.74 Å². The number of hydrogen-bond donors (Lipinski definition) is 2. The molecule has 2 N–H and O–H groups in total. The van der Waals surface area contributed by atoms with Crippen LogP contribution in [0.2, 0.25) is 0 Å². The molecule has 0 bridgehead atoms. The van der Waals surface area contributed by atoms with Gasteiger partial charge in [-0.15, -0.1) is 0 Å². The Morgan fingerprint density at radius 1 is 1.20 bits per heavy atom. The van der Waals surface area contributed by atoms with E-state index in [-0.39, 0.29) is 30.3 Å². The fourth-order valence-corrected chi connectivity index (χ4v) is 3.05. The molecule has 132 valence electrons. The van der Waals surface area contributed by atoms with Gasteiger partial charge in [0.1, 0.15) is 6.61 Å². The molecule has 2 aromatic carbocycles. The topological polar surface area (TPSA) is 50.4 Å². The number of rotatable bonds is 7. The number of amides is 1. The van der Waals surface area contributed by atoms with Crippen LogP contribution in [0.3, 0.4) is 0 Å². The smallest absolute Gasteiger partial charge is 0.222 e. The van der Waals surface area contributed by atoms with Crippen molar-refractivity contribution in [1.29, 1.82) is 0 Å². The lowest BCUT2D eigenvalue weighted by Gasteiger charge is -2.21. The average Bonchev–Trinajstić information content (AvgIpc) is 3.13. The van der Waals surface area contributed by atoms with Crippen molar-refractivity contribution >= 4 is 5.91 Å². The van der Waals surface area contributed by atoms with Crippen LogP contribution in [0.5, 0.6) is 5.75 Å². The number of carbonyl (C=O) groups is 1. The van der Waals surface area contributed by atoms with E-state index in [2.05, 4.69) is 10.6 Å². The van der Waals surface area contributed by atoms with Crippen LogP contribution in [-0.2, 0) is 4.79 Å². The van der Waals surface area contributed by atoms with Crippen molar-refractivity contribution in [2.75, 3.05) is 13.2 Å². The predicted octanol–water partition coefficient (Wildman–Crippen LogP) is 3.20. The summed E-state index contributed by atoms with van der Waals surface area (Å²) in [5.74, 6) is -0.240. The first-order chi connectivity index (χ1) is 12.2. The zero-order chi connectivity index (χ0) is 17.5. The summed E-state index contributed by atoms with van der Waals surface area (Å²) in [5.41, 5.74) is 0.937. The van der Waals surface area contributed by atoms with Gasteiger partial charge in [-0.05, 0) is 37.1 Å². The Morgan fingerprint density at radius 2 is 1.96 bits per heavy atom. The van der Waals surface area contributed by atoms with Crippen molar-refractivity contribution in [1.82, 2.24) is 10.6 Å². The number of benzene rings is 2. The molecule has 0 aliphatic carbocycles.